The predicted molar refractivity (Wildman–Crippen MR) is 201 cm³/mol. The minimum Gasteiger partial charge on any atom is -0.278 e. The fourth-order valence-corrected chi connectivity index (χ4v) is 6.73. The van der Waals surface area contributed by atoms with Gasteiger partial charge < -0.3 is 0 Å². The number of rotatable bonds is 6. The SMILES string of the molecule is c1ccc(-c2cccc(-c3cc(-c4ccccc4)cc4c3c3ccccc3n4-c3nc(-c4ccccc4)nc(-c4ccccc4)n3)c2)cc1. The second-order valence-corrected chi connectivity index (χ2v) is 12.1. The average Bonchev–Trinajstić information content (AvgIpc) is 3.53. The summed E-state index contributed by atoms with van der Waals surface area (Å²) < 4.78 is 2.21. The maximum absolute atomic E-state index is 5.17. The molecule has 0 aliphatic heterocycles. The van der Waals surface area contributed by atoms with Crippen LogP contribution < -0.4 is 0 Å². The van der Waals surface area contributed by atoms with Crippen LogP contribution in [0.15, 0.2) is 182 Å². The van der Waals surface area contributed by atoms with Crippen molar-refractivity contribution in [2.45, 2.75) is 0 Å². The van der Waals surface area contributed by atoms with E-state index in [9.17, 15) is 0 Å². The zero-order valence-electron chi connectivity index (χ0n) is 26.6. The Balaban J connectivity index is 1.37. The monoisotopic (exact) mass is 626 g/mol. The third kappa shape index (κ3) is 5.26. The molecule has 9 aromatic rings. The summed E-state index contributed by atoms with van der Waals surface area (Å²) in [6.45, 7) is 0. The van der Waals surface area contributed by atoms with E-state index in [0.29, 0.717) is 17.6 Å². The molecule has 0 fully saturated rings. The maximum Gasteiger partial charge on any atom is 0.238 e. The number of fused-ring (bicyclic) bond motifs is 3. The van der Waals surface area contributed by atoms with Gasteiger partial charge in [-0.2, -0.15) is 9.97 Å². The summed E-state index contributed by atoms with van der Waals surface area (Å²) in [6.07, 6.45) is 0. The second kappa shape index (κ2) is 12.2. The van der Waals surface area contributed by atoms with Crippen LogP contribution in [0.1, 0.15) is 0 Å². The third-order valence-electron chi connectivity index (χ3n) is 9.05. The molecular formula is C45H30N4. The highest BCUT2D eigenvalue weighted by Gasteiger charge is 2.21. The number of hydrogen-bond donors (Lipinski definition) is 0. The van der Waals surface area contributed by atoms with Crippen LogP contribution in [0.3, 0.4) is 0 Å². The molecule has 4 heteroatoms. The third-order valence-corrected chi connectivity index (χ3v) is 9.05. The van der Waals surface area contributed by atoms with Crippen molar-refractivity contribution in [1.82, 2.24) is 19.5 Å². The predicted octanol–water partition coefficient (Wildman–Crippen LogP) is 11.3. The number of hydrogen-bond acceptors (Lipinski definition) is 3. The zero-order chi connectivity index (χ0) is 32.6. The van der Waals surface area contributed by atoms with Crippen LogP contribution in [0, 0.1) is 0 Å². The fourth-order valence-electron chi connectivity index (χ4n) is 6.73. The summed E-state index contributed by atoms with van der Waals surface area (Å²) in [4.78, 5) is 15.3. The number of benzene rings is 7. The second-order valence-electron chi connectivity index (χ2n) is 12.1. The van der Waals surface area contributed by atoms with E-state index >= 15 is 0 Å². The summed E-state index contributed by atoms with van der Waals surface area (Å²) in [6, 6.07) is 63.5. The first kappa shape index (κ1) is 28.6. The fraction of sp³-hybridized carbons (Fsp3) is 0. The van der Waals surface area contributed by atoms with Gasteiger partial charge in [0.25, 0.3) is 0 Å². The topological polar surface area (TPSA) is 43.6 Å². The Labute approximate surface area is 284 Å². The van der Waals surface area contributed by atoms with Crippen molar-refractivity contribution in [3.05, 3.63) is 182 Å². The van der Waals surface area contributed by atoms with Crippen molar-refractivity contribution < 1.29 is 0 Å². The van der Waals surface area contributed by atoms with Crippen molar-refractivity contribution in [3.8, 4) is 62.1 Å². The van der Waals surface area contributed by atoms with E-state index in [0.717, 1.165) is 55.2 Å². The molecule has 4 nitrogen and oxygen atoms in total. The quantitative estimate of drug-likeness (QED) is 0.184. The van der Waals surface area contributed by atoms with E-state index < -0.39 is 0 Å². The molecule has 2 aromatic heterocycles. The Kier molecular flexibility index (Phi) is 7.10. The number of aromatic nitrogens is 4. The van der Waals surface area contributed by atoms with Crippen molar-refractivity contribution in [3.63, 3.8) is 0 Å². The van der Waals surface area contributed by atoms with Gasteiger partial charge in [-0.1, -0.05) is 158 Å². The lowest BCUT2D eigenvalue weighted by Gasteiger charge is -2.13. The highest BCUT2D eigenvalue weighted by molar-refractivity contribution is 6.17. The normalized spacial score (nSPS) is 11.3. The Bertz CT molecular complexity index is 2520. The Morgan fingerprint density at radius 2 is 0.816 bits per heavy atom. The smallest absolute Gasteiger partial charge is 0.238 e. The van der Waals surface area contributed by atoms with Crippen LogP contribution in [0.25, 0.3) is 83.9 Å². The Morgan fingerprint density at radius 3 is 1.43 bits per heavy atom. The Hall–Kier alpha value is -6.65. The van der Waals surface area contributed by atoms with Crippen LogP contribution in [-0.2, 0) is 0 Å². The van der Waals surface area contributed by atoms with Crippen molar-refractivity contribution >= 4 is 21.8 Å². The molecule has 0 unspecified atom stereocenters. The molecule has 0 saturated carbocycles. The van der Waals surface area contributed by atoms with Gasteiger partial charge in [-0.15, -0.1) is 0 Å². The molecule has 2 heterocycles. The van der Waals surface area contributed by atoms with Gasteiger partial charge >= 0.3 is 0 Å². The zero-order valence-corrected chi connectivity index (χ0v) is 26.6. The van der Waals surface area contributed by atoms with Gasteiger partial charge in [0.15, 0.2) is 11.6 Å². The molecule has 230 valence electrons. The van der Waals surface area contributed by atoms with Crippen molar-refractivity contribution in [2.75, 3.05) is 0 Å². The first-order valence-electron chi connectivity index (χ1n) is 16.5. The summed E-state index contributed by atoms with van der Waals surface area (Å²) in [5, 5.41) is 2.29. The largest absolute Gasteiger partial charge is 0.278 e. The van der Waals surface area contributed by atoms with Gasteiger partial charge in [0.2, 0.25) is 5.95 Å². The van der Waals surface area contributed by atoms with E-state index in [1.54, 1.807) is 0 Å². The molecule has 9 rings (SSSR count). The van der Waals surface area contributed by atoms with Crippen LogP contribution >= 0.6 is 0 Å². The van der Waals surface area contributed by atoms with Gasteiger partial charge in [-0.25, -0.2) is 4.98 Å². The molecule has 0 aliphatic rings. The molecule has 0 saturated heterocycles. The molecule has 49 heavy (non-hydrogen) atoms. The minimum absolute atomic E-state index is 0.577. The molecule has 7 aromatic carbocycles. The molecule has 0 amide bonds. The lowest BCUT2D eigenvalue weighted by atomic mass is 9.92. The number of para-hydroxylation sites is 1. The standard InChI is InChI=1S/C45H30N4/c1-5-16-31(17-6-1)35-24-15-25-36(28-35)39-29-37(32-18-7-2-8-19-32)30-41-42(39)38-26-13-14-27-40(38)49(41)45-47-43(33-20-9-3-10-21-33)46-44(48-45)34-22-11-4-12-23-34/h1-30H. The molecule has 0 aliphatic carbocycles. The summed E-state index contributed by atoms with van der Waals surface area (Å²) in [5.74, 6) is 1.84. The van der Waals surface area contributed by atoms with Gasteiger partial charge in [0, 0.05) is 21.9 Å². The minimum atomic E-state index is 0.577. The van der Waals surface area contributed by atoms with E-state index in [1.165, 1.54) is 11.1 Å². The van der Waals surface area contributed by atoms with Crippen molar-refractivity contribution in [1.29, 1.82) is 0 Å². The summed E-state index contributed by atoms with van der Waals surface area (Å²) in [5.41, 5.74) is 10.9. The van der Waals surface area contributed by atoms with E-state index in [-0.39, 0.29) is 0 Å². The molecule has 0 spiro atoms. The lowest BCUT2D eigenvalue weighted by Crippen LogP contribution is -2.06. The van der Waals surface area contributed by atoms with Crippen LogP contribution in [-0.4, -0.2) is 19.5 Å². The average molecular weight is 627 g/mol. The summed E-state index contributed by atoms with van der Waals surface area (Å²) >= 11 is 0. The van der Waals surface area contributed by atoms with Crippen LogP contribution in [0.2, 0.25) is 0 Å². The first-order valence-corrected chi connectivity index (χ1v) is 16.5. The van der Waals surface area contributed by atoms with Gasteiger partial charge in [-0.05, 0) is 57.6 Å². The highest BCUT2D eigenvalue weighted by atomic mass is 15.2. The number of nitrogens with zero attached hydrogens (tertiary/aromatic N) is 4. The molecule has 0 radical (unpaired) electrons. The van der Waals surface area contributed by atoms with Gasteiger partial charge in [0.1, 0.15) is 0 Å². The first-order chi connectivity index (χ1) is 24.3. The van der Waals surface area contributed by atoms with Crippen molar-refractivity contribution in [2.24, 2.45) is 0 Å². The van der Waals surface area contributed by atoms with Crippen LogP contribution in [0.4, 0.5) is 0 Å². The molecular weight excluding hydrogens is 597 g/mol. The molecule has 0 N–H and O–H groups in total. The van der Waals surface area contributed by atoms with Crippen LogP contribution in [0.5, 0.6) is 0 Å². The van der Waals surface area contributed by atoms with E-state index in [2.05, 4.69) is 126 Å². The van der Waals surface area contributed by atoms with E-state index in [4.69, 9.17) is 15.0 Å². The molecule has 0 atom stereocenters. The molecule has 0 bridgehead atoms. The van der Waals surface area contributed by atoms with Gasteiger partial charge in [0.05, 0.1) is 11.0 Å². The van der Waals surface area contributed by atoms with Gasteiger partial charge in [-0.3, -0.25) is 4.57 Å². The Morgan fingerprint density at radius 1 is 0.327 bits per heavy atom. The van der Waals surface area contributed by atoms with E-state index in [1.807, 2.05) is 60.7 Å². The lowest BCUT2D eigenvalue weighted by molar-refractivity contribution is 0.953. The summed E-state index contributed by atoms with van der Waals surface area (Å²) in [7, 11) is 0. The maximum atomic E-state index is 5.17. The highest BCUT2D eigenvalue weighted by Crippen LogP contribution is 2.42.